The summed E-state index contributed by atoms with van der Waals surface area (Å²) in [5.74, 6) is -0.218. The van der Waals surface area contributed by atoms with Crippen LogP contribution in [-0.4, -0.2) is 38.3 Å². The Morgan fingerprint density at radius 2 is 1.96 bits per heavy atom. The number of amides is 2. The monoisotopic (exact) mass is 355 g/mol. The Hall–Kier alpha value is -2.96. The van der Waals surface area contributed by atoms with Crippen LogP contribution in [0.5, 0.6) is 0 Å². The maximum absolute atomic E-state index is 12.6. The normalized spacial score (nSPS) is 10.4. The van der Waals surface area contributed by atoms with Gasteiger partial charge in [0.15, 0.2) is 0 Å². The van der Waals surface area contributed by atoms with Crippen molar-refractivity contribution in [1.82, 2.24) is 19.9 Å². The standard InChI is InChI=1S/C19H25N5O2/c1-5-19(26)23(14-17-12-20-21-24(17)7-3)18-11-9-8-10-16(18)13-22(6-2)15(4)25/h5,8-12H,1,6-7,13-14H2,2-4H3. The molecule has 1 aromatic carbocycles. The van der Waals surface area contributed by atoms with Crippen LogP contribution in [0, 0.1) is 0 Å². The zero-order valence-corrected chi connectivity index (χ0v) is 15.6. The van der Waals surface area contributed by atoms with E-state index in [0.29, 0.717) is 26.2 Å². The summed E-state index contributed by atoms with van der Waals surface area (Å²) in [6, 6.07) is 7.59. The molecule has 0 spiro atoms. The topological polar surface area (TPSA) is 71.3 Å². The van der Waals surface area contributed by atoms with Crippen molar-refractivity contribution in [3.63, 3.8) is 0 Å². The van der Waals surface area contributed by atoms with Gasteiger partial charge in [-0.15, -0.1) is 5.10 Å². The highest BCUT2D eigenvalue weighted by Gasteiger charge is 2.20. The van der Waals surface area contributed by atoms with Crippen molar-refractivity contribution in [2.75, 3.05) is 11.4 Å². The van der Waals surface area contributed by atoms with E-state index >= 15 is 0 Å². The molecule has 0 aliphatic rings. The molecule has 0 atom stereocenters. The van der Waals surface area contributed by atoms with Gasteiger partial charge in [0, 0.05) is 32.2 Å². The third-order valence-electron chi connectivity index (χ3n) is 4.23. The molecule has 0 aliphatic carbocycles. The van der Waals surface area contributed by atoms with Gasteiger partial charge in [-0.1, -0.05) is 30.0 Å². The molecule has 0 saturated carbocycles. The van der Waals surface area contributed by atoms with Crippen LogP contribution in [0.25, 0.3) is 0 Å². The Kier molecular flexibility index (Phi) is 6.66. The number of hydrogen-bond acceptors (Lipinski definition) is 4. The van der Waals surface area contributed by atoms with Crippen LogP contribution < -0.4 is 4.90 Å². The van der Waals surface area contributed by atoms with Gasteiger partial charge in [-0.3, -0.25) is 9.59 Å². The summed E-state index contributed by atoms with van der Waals surface area (Å²) in [7, 11) is 0. The SMILES string of the molecule is C=CC(=O)N(Cc1cnnn1CC)c1ccccc1CN(CC)C(C)=O. The molecule has 138 valence electrons. The lowest BCUT2D eigenvalue weighted by molar-refractivity contribution is -0.129. The van der Waals surface area contributed by atoms with Crippen molar-refractivity contribution >= 4 is 17.5 Å². The molecule has 7 heteroatoms. The van der Waals surface area contributed by atoms with Crippen molar-refractivity contribution in [1.29, 1.82) is 0 Å². The van der Waals surface area contributed by atoms with E-state index in [2.05, 4.69) is 16.9 Å². The average molecular weight is 355 g/mol. The predicted octanol–water partition coefficient (Wildman–Crippen LogP) is 2.39. The van der Waals surface area contributed by atoms with E-state index in [4.69, 9.17) is 0 Å². The van der Waals surface area contributed by atoms with E-state index in [0.717, 1.165) is 16.9 Å². The minimum atomic E-state index is -0.216. The third-order valence-corrected chi connectivity index (χ3v) is 4.23. The van der Waals surface area contributed by atoms with Crippen molar-refractivity contribution in [3.8, 4) is 0 Å². The van der Waals surface area contributed by atoms with E-state index < -0.39 is 0 Å². The van der Waals surface area contributed by atoms with Gasteiger partial charge in [0.1, 0.15) is 0 Å². The van der Waals surface area contributed by atoms with Crippen molar-refractivity contribution in [3.05, 3.63) is 54.4 Å². The number of aromatic nitrogens is 3. The van der Waals surface area contributed by atoms with Crippen LogP contribution in [0.3, 0.4) is 0 Å². The van der Waals surface area contributed by atoms with Gasteiger partial charge in [-0.2, -0.15) is 0 Å². The zero-order valence-electron chi connectivity index (χ0n) is 15.6. The van der Waals surface area contributed by atoms with E-state index in [1.807, 2.05) is 38.1 Å². The maximum Gasteiger partial charge on any atom is 0.250 e. The molecule has 2 amide bonds. The average Bonchev–Trinajstić information content (AvgIpc) is 3.11. The number of carbonyl (C=O) groups is 2. The first-order valence-corrected chi connectivity index (χ1v) is 8.66. The molecule has 2 rings (SSSR count). The minimum Gasteiger partial charge on any atom is -0.339 e. The van der Waals surface area contributed by atoms with Gasteiger partial charge in [0.2, 0.25) is 5.91 Å². The highest BCUT2D eigenvalue weighted by Crippen LogP contribution is 2.24. The molecule has 0 fully saturated rings. The van der Waals surface area contributed by atoms with E-state index in [9.17, 15) is 9.59 Å². The summed E-state index contributed by atoms with van der Waals surface area (Å²) in [4.78, 5) is 27.7. The van der Waals surface area contributed by atoms with Crippen LogP contribution in [-0.2, 0) is 29.2 Å². The van der Waals surface area contributed by atoms with Gasteiger partial charge in [-0.25, -0.2) is 4.68 Å². The Morgan fingerprint density at radius 1 is 1.23 bits per heavy atom. The van der Waals surface area contributed by atoms with Gasteiger partial charge < -0.3 is 9.80 Å². The number of aryl methyl sites for hydroxylation is 1. The lowest BCUT2D eigenvalue weighted by Crippen LogP contribution is -2.33. The molecule has 7 nitrogen and oxygen atoms in total. The molecule has 2 aromatic rings. The summed E-state index contributed by atoms with van der Waals surface area (Å²) < 4.78 is 1.75. The fraction of sp³-hybridized carbons (Fsp3) is 0.368. The molecule has 0 bridgehead atoms. The predicted molar refractivity (Wildman–Crippen MR) is 100 cm³/mol. The third kappa shape index (κ3) is 4.36. The smallest absolute Gasteiger partial charge is 0.250 e. The number of hydrogen-bond donors (Lipinski definition) is 0. The minimum absolute atomic E-state index is 0.00263. The lowest BCUT2D eigenvalue weighted by atomic mass is 10.1. The largest absolute Gasteiger partial charge is 0.339 e. The summed E-state index contributed by atoms with van der Waals surface area (Å²) >= 11 is 0. The molecule has 1 aromatic heterocycles. The van der Waals surface area contributed by atoms with Crippen molar-refractivity contribution in [2.45, 2.75) is 40.4 Å². The van der Waals surface area contributed by atoms with Crippen LogP contribution in [0.15, 0.2) is 43.1 Å². The number of anilines is 1. The number of carbonyl (C=O) groups excluding carboxylic acids is 2. The molecule has 0 aliphatic heterocycles. The first kappa shape index (κ1) is 19.4. The molecular formula is C19H25N5O2. The molecule has 0 N–H and O–H groups in total. The number of benzene rings is 1. The Morgan fingerprint density at radius 3 is 2.58 bits per heavy atom. The second-order valence-electron chi connectivity index (χ2n) is 5.83. The number of rotatable bonds is 8. The van der Waals surface area contributed by atoms with Crippen LogP contribution in [0.1, 0.15) is 32.0 Å². The summed E-state index contributed by atoms with van der Waals surface area (Å²) in [6.07, 6.45) is 2.95. The van der Waals surface area contributed by atoms with Crippen LogP contribution in [0.4, 0.5) is 5.69 Å². The summed E-state index contributed by atoms with van der Waals surface area (Å²) in [6.45, 7) is 11.1. The maximum atomic E-state index is 12.6. The second-order valence-corrected chi connectivity index (χ2v) is 5.83. The van der Waals surface area contributed by atoms with Gasteiger partial charge in [0.05, 0.1) is 18.4 Å². The van der Waals surface area contributed by atoms with E-state index in [-0.39, 0.29) is 11.8 Å². The number of nitrogens with zero attached hydrogens (tertiary/aromatic N) is 5. The van der Waals surface area contributed by atoms with Gasteiger partial charge in [-0.05, 0) is 31.6 Å². The zero-order chi connectivity index (χ0) is 19.1. The van der Waals surface area contributed by atoms with Crippen molar-refractivity contribution in [2.24, 2.45) is 0 Å². The molecule has 1 heterocycles. The lowest BCUT2D eigenvalue weighted by Gasteiger charge is -2.27. The Labute approximate surface area is 153 Å². The second kappa shape index (κ2) is 8.94. The highest BCUT2D eigenvalue weighted by molar-refractivity contribution is 6.01. The Bertz CT molecular complexity index is 784. The van der Waals surface area contributed by atoms with Crippen LogP contribution >= 0.6 is 0 Å². The molecule has 26 heavy (non-hydrogen) atoms. The summed E-state index contributed by atoms with van der Waals surface area (Å²) in [5.41, 5.74) is 2.48. The molecule has 0 radical (unpaired) electrons. The van der Waals surface area contributed by atoms with E-state index in [1.165, 1.54) is 6.08 Å². The van der Waals surface area contributed by atoms with Gasteiger partial charge >= 0.3 is 0 Å². The molecular weight excluding hydrogens is 330 g/mol. The molecule has 0 saturated heterocycles. The highest BCUT2D eigenvalue weighted by atomic mass is 16.2. The molecule has 0 unspecified atom stereocenters. The fourth-order valence-corrected chi connectivity index (χ4v) is 2.78. The quantitative estimate of drug-likeness (QED) is 0.682. The fourth-order valence-electron chi connectivity index (χ4n) is 2.78. The van der Waals surface area contributed by atoms with E-state index in [1.54, 1.807) is 27.6 Å². The first-order valence-electron chi connectivity index (χ1n) is 8.66. The van der Waals surface area contributed by atoms with Gasteiger partial charge in [0.25, 0.3) is 5.91 Å². The van der Waals surface area contributed by atoms with Crippen LogP contribution in [0.2, 0.25) is 0 Å². The summed E-state index contributed by atoms with van der Waals surface area (Å²) in [5, 5.41) is 7.95. The number of para-hydroxylation sites is 1. The first-order chi connectivity index (χ1) is 12.5. The Balaban J connectivity index is 2.41. The van der Waals surface area contributed by atoms with Crippen molar-refractivity contribution < 1.29 is 9.59 Å².